The Labute approximate surface area is 402 Å². The predicted molar refractivity (Wildman–Crippen MR) is 282 cm³/mol. The summed E-state index contributed by atoms with van der Waals surface area (Å²) in [4.78, 5) is 0. The number of hydrogen-bond donors (Lipinski definition) is 0. The van der Waals surface area contributed by atoms with Gasteiger partial charge in [-0.2, -0.15) is 0 Å². The smallest absolute Gasteiger partial charge is 0.136 e. The van der Waals surface area contributed by atoms with Crippen LogP contribution in [0.5, 0.6) is 0 Å². The van der Waals surface area contributed by atoms with Crippen molar-refractivity contribution in [1.82, 2.24) is 0 Å². The van der Waals surface area contributed by atoms with E-state index in [2.05, 4.69) is 189 Å². The Morgan fingerprint density at radius 1 is 0.515 bits per heavy atom. The van der Waals surface area contributed by atoms with E-state index < -0.39 is 0 Å². The first-order chi connectivity index (χ1) is 33.5. The highest BCUT2D eigenvalue weighted by Gasteiger charge is 2.64. The van der Waals surface area contributed by atoms with Gasteiger partial charge in [0.15, 0.2) is 0 Å². The van der Waals surface area contributed by atoms with Crippen LogP contribution in [0.3, 0.4) is 0 Å². The van der Waals surface area contributed by atoms with Gasteiger partial charge in [-0.25, -0.2) is 0 Å². The molecule has 1 heterocycles. The van der Waals surface area contributed by atoms with Crippen LogP contribution in [-0.2, 0) is 11.8 Å². The molecular weight excluding hydrogens is 821 g/mol. The molecule has 334 valence electrons. The molecule has 1 nitrogen and oxygen atoms in total. The van der Waals surface area contributed by atoms with E-state index in [0.717, 1.165) is 41.8 Å². The van der Waals surface area contributed by atoms with Gasteiger partial charge in [-0.3, -0.25) is 0 Å². The maximum Gasteiger partial charge on any atom is 0.136 e. The highest BCUT2D eigenvalue weighted by Crippen LogP contribution is 2.74. The van der Waals surface area contributed by atoms with E-state index in [0.29, 0.717) is 11.3 Å². The van der Waals surface area contributed by atoms with E-state index in [1.54, 1.807) is 16.7 Å². The molecule has 0 amide bonds. The van der Waals surface area contributed by atoms with Gasteiger partial charge < -0.3 is 4.42 Å². The number of aryl methyl sites for hydroxylation is 1. The van der Waals surface area contributed by atoms with Crippen LogP contribution >= 0.6 is 0 Å². The zero-order valence-corrected chi connectivity index (χ0v) is 39.4. The molecule has 8 aromatic carbocycles. The molecule has 0 radical (unpaired) electrons. The van der Waals surface area contributed by atoms with E-state index in [1.807, 2.05) is 0 Å². The van der Waals surface area contributed by atoms with Crippen LogP contribution in [0, 0.1) is 23.2 Å². The minimum atomic E-state index is 0.135. The number of fused-ring (bicyclic) bond motifs is 10. The van der Waals surface area contributed by atoms with Crippen LogP contribution in [-0.4, -0.2) is 0 Å². The van der Waals surface area contributed by atoms with Crippen molar-refractivity contribution in [2.24, 2.45) is 23.2 Å². The van der Waals surface area contributed by atoms with E-state index in [9.17, 15) is 0 Å². The van der Waals surface area contributed by atoms with Crippen molar-refractivity contribution in [2.45, 2.75) is 94.8 Å². The molecule has 9 aromatic rings. The summed E-state index contributed by atoms with van der Waals surface area (Å²) in [7, 11) is 0. The molecule has 1 heteroatoms. The second-order valence-corrected chi connectivity index (χ2v) is 22.0. The van der Waals surface area contributed by atoms with Gasteiger partial charge >= 0.3 is 0 Å². The minimum Gasteiger partial charge on any atom is -0.456 e. The first kappa shape index (κ1) is 40.6. The van der Waals surface area contributed by atoms with Crippen molar-refractivity contribution in [3.8, 4) is 44.5 Å². The molecule has 5 saturated carbocycles. The van der Waals surface area contributed by atoms with Gasteiger partial charge in [0, 0.05) is 22.1 Å². The molecule has 5 fully saturated rings. The van der Waals surface area contributed by atoms with Gasteiger partial charge in [-0.05, 0) is 189 Å². The average molecular weight is 881 g/mol. The monoisotopic (exact) mass is 880 g/mol. The van der Waals surface area contributed by atoms with Crippen molar-refractivity contribution >= 4 is 21.9 Å². The molecule has 0 N–H and O–H groups in total. The van der Waals surface area contributed by atoms with Crippen molar-refractivity contribution in [1.29, 1.82) is 0 Å². The molecule has 68 heavy (non-hydrogen) atoms. The lowest BCUT2D eigenvalue weighted by molar-refractivity contribution is 0.0739. The first-order valence-electron chi connectivity index (χ1n) is 26.0. The summed E-state index contributed by atoms with van der Waals surface area (Å²) < 4.78 is 6.70. The molecule has 2 bridgehead atoms. The van der Waals surface area contributed by atoms with Crippen LogP contribution in [0.15, 0.2) is 186 Å². The first-order valence-corrected chi connectivity index (χ1v) is 26.0. The van der Waals surface area contributed by atoms with Crippen molar-refractivity contribution in [2.75, 3.05) is 0 Å². The van der Waals surface area contributed by atoms with Crippen molar-refractivity contribution in [3.63, 3.8) is 0 Å². The molecule has 0 aliphatic heterocycles. The fraction of sp³-hybridized carbons (Fsp3) is 0.284. The molecule has 3 unspecified atom stereocenters. The lowest BCUT2D eigenvalue weighted by Crippen LogP contribution is -2.37. The van der Waals surface area contributed by atoms with Gasteiger partial charge in [-0.1, -0.05) is 178 Å². The third kappa shape index (κ3) is 6.55. The van der Waals surface area contributed by atoms with E-state index in [-0.39, 0.29) is 11.3 Å². The number of benzene rings is 8. The van der Waals surface area contributed by atoms with Crippen LogP contribution in [0.2, 0.25) is 0 Å². The second kappa shape index (κ2) is 15.8. The highest BCUT2D eigenvalue weighted by molar-refractivity contribution is 6.06. The molecule has 1 aromatic heterocycles. The lowest BCUT2D eigenvalue weighted by Gasteiger charge is -2.47. The van der Waals surface area contributed by atoms with Crippen LogP contribution in [0.1, 0.15) is 116 Å². The molecule has 15 rings (SSSR count). The zero-order chi connectivity index (χ0) is 45.0. The molecular formula is C67H60O. The standard InChI is InChI=1S/C67H60O/c1-43-40-66-41-52(66)39-58(43)61(42-66)54-29-25-49(36-59(54)47-15-7-3-8-16-47)50-26-31-57-60-35-44(20-32-64(60)68-65(57)38-50)19-28-53(48-23-21-46(22-24-48)45-13-5-2-6-14-45)51-27-30-56-55-17-9-10-18-62(55)67(63(56)37-51)33-11-4-12-34-67/h2-3,5-10,13-18,20-27,29-32,35-38,43,52-53,58,61H,4,11-12,19,28,33-34,39-42H2,1H3/t43-,52-,53?,58?,61?,66-/m0/s1. The quantitative estimate of drug-likeness (QED) is 0.141. The predicted octanol–water partition coefficient (Wildman–Crippen LogP) is 18.1. The Morgan fingerprint density at radius 3 is 2.04 bits per heavy atom. The summed E-state index contributed by atoms with van der Waals surface area (Å²) in [5.74, 6) is 3.54. The topological polar surface area (TPSA) is 13.1 Å². The molecule has 0 saturated heterocycles. The van der Waals surface area contributed by atoms with Gasteiger partial charge in [0.25, 0.3) is 0 Å². The molecule has 6 aliphatic carbocycles. The SMILES string of the molecule is C[C@H]1C[C@]23CC(c4ccc(-c5ccc6c(c5)oc5ccc(CCC(c7ccc(-c8ccccc8)cc7)c7ccc8c(c7)C7(CCCCC7)c7ccccc7-8)cc56)cc4-c4ccccc4)C1C[C@H]2C3. The minimum absolute atomic E-state index is 0.135. The highest BCUT2D eigenvalue weighted by atomic mass is 16.3. The molecule has 2 spiro atoms. The summed E-state index contributed by atoms with van der Waals surface area (Å²) in [6.45, 7) is 2.54. The second-order valence-electron chi connectivity index (χ2n) is 22.0. The summed E-state index contributed by atoms with van der Waals surface area (Å²) in [5, 5.41) is 2.40. The normalized spacial score (nSPS) is 23.4. The van der Waals surface area contributed by atoms with Crippen molar-refractivity contribution in [3.05, 3.63) is 215 Å². The number of hydrogen-bond acceptors (Lipinski definition) is 1. The van der Waals surface area contributed by atoms with E-state index >= 15 is 0 Å². The number of furan rings is 1. The van der Waals surface area contributed by atoms with Crippen LogP contribution in [0.4, 0.5) is 0 Å². The van der Waals surface area contributed by atoms with Gasteiger partial charge in [0.05, 0.1) is 0 Å². The Bertz CT molecular complexity index is 3370. The molecule has 6 atom stereocenters. The van der Waals surface area contributed by atoms with Crippen LogP contribution in [0.25, 0.3) is 66.4 Å². The fourth-order valence-electron chi connectivity index (χ4n) is 15.0. The summed E-state index contributed by atoms with van der Waals surface area (Å²) >= 11 is 0. The Kier molecular flexibility index (Phi) is 9.44. The maximum atomic E-state index is 6.70. The Hall–Kier alpha value is -6.44. The van der Waals surface area contributed by atoms with Gasteiger partial charge in [0.2, 0.25) is 0 Å². The third-order valence-corrected chi connectivity index (χ3v) is 18.5. The third-order valence-electron chi connectivity index (χ3n) is 18.5. The lowest BCUT2D eigenvalue weighted by atomic mass is 9.57. The van der Waals surface area contributed by atoms with E-state index in [4.69, 9.17) is 4.42 Å². The number of rotatable bonds is 9. The largest absolute Gasteiger partial charge is 0.456 e. The van der Waals surface area contributed by atoms with Gasteiger partial charge in [-0.15, -0.1) is 0 Å². The fourth-order valence-corrected chi connectivity index (χ4v) is 15.0. The summed E-state index contributed by atoms with van der Waals surface area (Å²) in [6, 6.07) is 69.5. The Balaban J connectivity index is 0.788. The van der Waals surface area contributed by atoms with Gasteiger partial charge in [0.1, 0.15) is 11.2 Å². The summed E-state index contributed by atoms with van der Waals surface area (Å²) in [5.41, 5.74) is 22.2. The summed E-state index contributed by atoms with van der Waals surface area (Å²) in [6.07, 6.45) is 14.2. The maximum absolute atomic E-state index is 6.70. The molecule has 6 aliphatic rings. The van der Waals surface area contributed by atoms with E-state index in [1.165, 1.54) is 130 Å². The Morgan fingerprint density at radius 2 is 1.22 bits per heavy atom. The van der Waals surface area contributed by atoms with Crippen LogP contribution < -0.4 is 0 Å². The van der Waals surface area contributed by atoms with Crippen molar-refractivity contribution < 1.29 is 4.42 Å². The zero-order valence-electron chi connectivity index (χ0n) is 39.4. The average Bonchev–Trinajstić information content (AvgIpc) is 3.92.